The summed E-state index contributed by atoms with van der Waals surface area (Å²) in [5.41, 5.74) is 3.60. The van der Waals surface area contributed by atoms with E-state index in [-0.39, 0.29) is 0 Å². The van der Waals surface area contributed by atoms with Crippen LogP contribution in [0.5, 0.6) is 0 Å². The van der Waals surface area contributed by atoms with Crippen LogP contribution in [0.1, 0.15) is 20.3 Å². The van der Waals surface area contributed by atoms with Gasteiger partial charge in [-0.25, -0.2) is 0 Å². The Labute approximate surface area is 212 Å². The first-order valence-electron chi connectivity index (χ1n) is 13.3. The highest BCUT2D eigenvalue weighted by atomic mass is 29.2. The lowest BCUT2D eigenvalue weighted by atomic mass is 10.1. The van der Waals surface area contributed by atoms with E-state index < -0.39 is 56.3 Å². The molecule has 0 spiro atoms. The van der Waals surface area contributed by atoms with Crippen LogP contribution in [0.25, 0.3) is 0 Å². The van der Waals surface area contributed by atoms with Crippen LogP contribution >= 0.6 is 0 Å². The van der Waals surface area contributed by atoms with E-state index in [9.17, 15) is 0 Å². The maximum absolute atomic E-state index is 3.09. The van der Waals surface area contributed by atoms with Gasteiger partial charge in [0, 0.05) is 56.3 Å². The number of allylic oxidation sites excluding steroid dienone is 2. The molecule has 189 valence electrons. The third kappa shape index (κ3) is 6.72. The molecule has 0 aromatic carbocycles. The highest BCUT2D eigenvalue weighted by Gasteiger charge is 2.64. The van der Waals surface area contributed by atoms with E-state index in [2.05, 4.69) is 119 Å². The van der Waals surface area contributed by atoms with Gasteiger partial charge in [0.05, 0.1) is 0 Å². The molecule has 0 saturated heterocycles. The van der Waals surface area contributed by atoms with Crippen LogP contribution in [0.2, 0.25) is 126 Å². The lowest BCUT2D eigenvalue weighted by molar-refractivity contribution is 0.925. The van der Waals surface area contributed by atoms with Crippen LogP contribution in [0.4, 0.5) is 0 Å². The Balaban J connectivity index is 4.15. The quantitative estimate of drug-likeness (QED) is 0.206. The molecular formula is C25H61Si7. The highest BCUT2D eigenvalue weighted by Crippen LogP contribution is 2.57. The smallest absolute Gasteiger partial charge is 0.0450 e. The Morgan fingerprint density at radius 3 is 1.12 bits per heavy atom. The van der Waals surface area contributed by atoms with Crippen molar-refractivity contribution < 1.29 is 0 Å². The van der Waals surface area contributed by atoms with Crippen molar-refractivity contribution in [3.05, 3.63) is 11.1 Å². The third-order valence-corrected chi connectivity index (χ3v) is 66.9. The van der Waals surface area contributed by atoms with Crippen molar-refractivity contribution in [2.75, 3.05) is 0 Å². The van der Waals surface area contributed by atoms with Gasteiger partial charge in [-0.2, -0.15) is 0 Å². The summed E-state index contributed by atoms with van der Waals surface area (Å²) in [5, 5.41) is 1.10. The van der Waals surface area contributed by atoms with Crippen LogP contribution in [0, 0.1) is 0 Å². The van der Waals surface area contributed by atoms with Gasteiger partial charge in [-0.15, -0.1) is 0 Å². The van der Waals surface area contributed by atoms with E-state index in [0.717, 1.165) is 14.7 Å². The first-order valence-corrected chi connectivity index (χ1v) is 36.6. The highest BCUT2D eigenvalue weighted by molar-refractivity contribution is 7.48. The summed E-state index contributed by atoms with van der Waals surface area (Å²) >= 11 is 0. The second-order valence-corrected chi connectivity index (χ2v) is 58.7. The van der Waals surface area contributed by atoms with E-state index in [1.165, 1.54) is 6.42 Å². The lowest BCUT2D eigenvalue weighted by Crippen LogP contribution is -2.75. The monoisotopic (exact) mass is 557 g/mol. The topological polar surface area (TPSA) is 0 Å². The van der Waals surface area contributed by atoms with Crippen molar-refractivity contribution in [2.45, 2.75) is 146 Å². The molecule has 7 heteroatoms. The zero-order valence-electron chi connectivity index (χ0n) is 25.6. The second-order valence-electron chi connectivity index (χ2n) is 17.0. The van der Waals surface area contributed by atoms with Gasteiger partial charge in [0.2, 0.25) is 0 Å². The van der Waals surface area contributed by atoms with Crippen molar-refractivity contribution in [1.82, 2.24) is 0 Å². The number of hydrogen-bond donors (Lipinski definition) is 0. The summed E-state index contributed by atoms with van der Waals surface area (Å²) in [6.07, 6.45) is 1.46. The minimum atomic E-state index is -1.54. The van der Waals surface area contributed by atoms with Gasteiger partial charge in [-0.05, 0) is 31.5 Å². The minimum Gasteiger partial charge on any atom is -0.0775 e. The van der Waals surface area contributed by atoms with Crippen molar-refractivity contribution in [3.63, 3.8) is 0 Å². The molecule has 0 aromatic rings. The molecule has 1 aliphatic heterocycles. The normalized spacial score (nSPS) is 21.2. The van der Waals surface area contributed by atoms with E-state index >= 15 is 0 Å². The first kappa shape index (κ1) is 31.3. The van der Waals surface area contributed by atoms with E-state index in [1.54, 1.807) is 11.6 Å². The SMILES string of the molecule is CC1=C(C)C[Si]([Si](C)(C([Si](C)(C)C)[Si](C)(C)C)C([Si](C)(C)C)[Si](C)(C)C)C([Si](C)(C)C)C1. The maximum Gasteiger partial charge on any atom is 0.0450 e. The van der Waals surface area contributed by atoms with Gasteiger partial charge < -0.3 is 0 Å². The molecule has 0 saturated carbocycles. The summed E-state index contributed by atoms with van der Waals surface area (Å²) in [6.45, 7) is 49.8. The van der Waals surface area contributed by atoms with Crippen LogP contribution in [-0.4, -0.2) is 56.3 Å². The zero-order valence-corrected chi connectivity index (χ0v) is 32.6. The molecular weight excluding hydrogens is 497 g/mol. The van der Waals surface area contributed by atoms with Crippen LogP contribution in [0.3, 0.4) is 0 Å². The maximum atomic E-state index is 3.09. The Kier molecular flexibility index (Phi) is 9.40. The van der Waals surface area contributed by atoms with Crippen molar-refractivity contribution in [2.24, 2.45) is 0 Å². The van der Waals surface area contributed by atoms with Gasteiger partial charge in [0.25, 0.3) is 0 Å². The third-order valence-electron chi connectivity index (χ3n) is 8.52. The molecule has 1 aliphatic rings. The Morgan fingerprint density at radius 2 is 0.875 bits per heavy atom. The number of hydrogen-bond acceptors (Lipinski definition) is 0. The van der Waals surface area contributed by atoms with Gasteiger partial charge >= 0.3 is 0 Å². The summed E-state index contributed by atoms with van der Waals surface area (Å²) in [6, 6.07) is 1.55. The Hall–Kier alpha value is 1.26. The molecule has 0 nitrogen and oxygen atoms in total. The predicted octanol–water partition coefficient (Wildman–Crippen LogP) is 9.88. The fourth-order valence-corrected chi connectivity index (χ4v) is 108. The molecule has 0 aromatic heterocycles. The molecule has 0 N–H and O–H groups in total. The lowest BCUT2D eigenvalue weighted by Gasteiger charge is -2.63. The van der Waals surface area contributed by atoms with Gasteiger partial charge in [-0.1, -0.05) is 125 Å². The molecule has 0 bridgehead atoms. The average Bonchev–Trinajstić information content (AvgIpc) is 2.41. The van der Waals surface area contributed by atoms with Crippen molar-refractivity contribution >= 4 is 56.3 Å². The molecule has 1 atom stereocenters. The fourth-order valence-electron chi connectivity index (χ4n) is 9.29. The predicted molar refractivity (Wildman–Crippen MR) is 173 cm³/mol. The molecule has 0 aliphatic carbocycles. The van der Waals surface area contributed by atoms with Gasteiger partial charge in [-0.3, -0.25) is 0 Å². The second kappa shape index (κ2) is 9.61. The molecule has 1 heterocycles. The molecule has 32 heavy (non-hydrogen) atoms. The molecule has 1 rings (SSSR count). The van der Waals surface area contributed by atoms with Crippen LogP contribution < -0.4 is 0 Å². The molecule has 0 amide bonds. The molecule has 0 fully saturated rings. The Bertz CT molecular complexity index is 630. The van der Waals surface area contributed by atoms with E-state index in [4.69, 9.17) is 0 Å². The zero-order chi connectivity index (χ0) is 25.9. The average molecular weight is 558 g/mol. The van der Waals surface area contributed by atoms with Crippen LogP contribution in [0.15, 0.2) is 11.1 Å². The van der Waals surface area contributed by atoms with E-state index in [0.29, 0.717) is 0 Å². The minimum absolute atomic E-state index is 0.407. The summed E-state index contributed by atoms with van der Waals surface area (Å²) in [4.78, 5) is 2.31. The van der Waals surface area contributed by atoms with E-state index in [1.807, 2.05) is 5.57 Å². The standard InChI is InChI=1S/C25H61Si7/c1-21-19-23(27(3,4)5)26(20-22(21)2)32(18,24(28(6,7)8)29(9,10)11)25(30(12,13)14)31(15,16)17/h23-25H,19-20H2,1-18H3. The van der Waals surface area contributed by atoms with Gasteiger partial charge in [0.15, 0.2) is 0 Å². The molecule has 1 unspecified atom stereocenters. The molecule has 1 radical (unpaired) electrons. The first-order chi connectivity index (χ1) is 13.8. The van der Waals surface area contributed by atoms with Gasteiger partial charge in [0.1, 0.15) is 0 Å². The summed E-state index contributed by atoms with van der Waals surface area (Å²) in [7, 11) is -8.36. The number of rotatable bonds is 8. The Morgan fingerprint density at radius 1 is 0.562 bits per heavy atom. The fraction of sp³-hybridized carbons (Fsp3) is 0.920. The largest absolute Gasteiger partial charge is 0.0775 e. The summed E-state index contributed by atoms with van der Waals surface area (Å²) in [5.74, 6) is 0. The van der Waals surface area contributed by atoms with Crippen molar-refractivity contribution in [1.29, 1.82) is 0 Å². The summed E-state index contributed by atoms with van der Waals surface area (Å²) < 4.78 is 0. The van der Waals surface area contributed by atoms with Crippen LogP contribution in [-0.2, 0) is 0 Å². The van der Waals surface area contributed by atoms with Crippen molar-refractivity contribution in [3.8, 4) is 0 Å².